The van der Waals surface area contributed by atoms with Crippen molar-refractivity contribution in [3.8, 4) is 0 Å². The predicted molar refractivity (Wildman–Crippen MR) is 70.2 cm³/mol. The second kappa shape index (κ2) is 7.32. The Hall–Kier alpha value is -2.15. The summed E-state index contributed by atoms with van der Waals surface area (Å²) in [5.74, 6) is -0.333. The van der Waals surface area contributed by atoms with E-state index < -0.39 is 0 Å². The van der Waals surface area contributed by atoms with Crippen molar-refractivity contribution in [1.82, 2.24) is 10.3 Å². The molecule has 7 heteroatoms. The van der Waals surface area contributed by atoms with Crippen LogP contribution in [0, 0.1) is 0 Å². The molecule has 1 heterocycles. The zero-order valence-corrected chi connectivity index (χ0v) is 11.0. The molecule has 1 atom stereocenters. The molecule has 0 spiro atoms. The lowest BCUT2D eigenvalue weighted by Crippen LogP contribution is -2.37. The van der Waals surface area contributed by atoms with E-state index in [0.29, 0.717) is 12.2 Å². The van der Waals surface area contributed by atoms with Crippen molar-refractivity contribution in [2.75, 3.05) is 13.7 Å². The van der Waals surface area contributed by atoms with Crippen molar-refractivity contribution in [1.29, 1.82) is 0 Å². The fourth-order valence-corrected chi connectivity index (χ4v) is 1.46. The fourth-order valence-electron chi connectivity index (χ4n) is 1.46. The van der Waals surface area contributed by atoms with E-state index in [0.717, 1.165) is 6.42 Å². The first kappa shape index (κ1) is 14.9. The lowest BCUT2D eigenvalue weighted by molar-refractivity contribution is 0.0889. The van der Waals surface area contributed by atoms with Crippen LogP contribution in [0.3, 0.4) is 0 Å². The summed E-state index contributed by atoms with van der Waals surface area (Å²) in [5, 5.41) is 14.2. The first-order valence-corrected chi connectivity index (χ1v) is 5.86. The van der Waals surface area contributed by atoms with Gasteiger partial charge in [-0.3, -0.25) is 9.78 Å². The van der Waals surface area contributed by atoms with E-state index in [4.69, 9.17) is 15.7 Å². The van der Waals surface area contributed by atoms with Crippen molar-refractivity contribution >= 4 is 11.7 Å². The Labute approximate surface area is 111 Å². The molecular formula is C12H18N4O3. The lowest BCUT2D eigenvalue weighted by Gasteiger charge is -2.15. The van der Waals surface area contributed by atoms with Crippen LogP contribution in [0.1, 0.15) is 29.4 Å². The highest BCUT2D eigenvalue weighted by atomic mass is 16.5. The molecule has 0 aromatic carbocycles. The quantitative estimate of drug-likeness (QED) is 0.297. The summed E-state index contributed by atoms with van der Waals surface area (Å²) in [5.41, 5.74) is 6.12. The van der Waals surface area contributed by atoms with Crippen LogP contribution in [-0.2, 0) is 4.74 Å². The van der Waals surface area contributed by atoms with Gasteiger partial charge >= 0.3 is 0 Å². The number of methoxy groups -OCH3 is 1. The number of rotatable bonds is 6. The van der Waals surface area contributed by atoms with Crippen LogP contribution >= 0.6 is 0 Å². The van der Waals surface area contributed by atoms with Crippen molar-refractivity contribution in [3.05, 3.63) is 29.6 Å². The molecule has 104 valence electrons. The van der Waals surface area contributed by atoms with Gasteiger partial charge in [-0.25, -0.2) is 0 Å². The molecule has 1 rings (SSSR count). The maximum atomic E-state index is 11.9. The van der Waals surface area contributed by atoms with Crippen LogP contribution in [0.2, 0.25) is 0 Å². The first-order valence-electron chi connectivity index (χ1n) is 5.86. The van der Waals surface area contributed by atoms with Crippen molar-refractivity contribution in [2.24, 2.45) is 10.9 Å². The van der Waals surface area contributed by atoms with E-state index in [-0.39, 0.29) is 23.5 Å². The van der Waals surface area contributed by atoms with Crippen LogP contribution in [-0.4, -0.2) is 41.7 Å². The minimum Gasteiger partial charge on any atom is -0.409 e. The Balaban J connectivity index is 2.72. The molecule has 1 amide bonds. The summed E-state index contributed by atoms with van der Waals surface area (Å²) in [6, 6.07) is 3.03. The number of nitrogens with two attached hydrogens (primary N) is 1. The largest absolute Gasteiger partial charge is 0.409 e. The topological polar surface area (TPSA) is 110 Å². The minimum absolute atomic E-state index is 0.0507. The molecule has 7 nitrogen and oxygen atoms in total. The Kier molecular flexibility index (Phi) is 5.74. The van der Waals surface area contributed by atoms with Crippen LogP contribution < -0.4 is 11.1 Å². The van der Waals surface area contributed by atoms with Gasteiger partial charge in [0.1, 0.15) is 5.69 Å². The Morgan fingerprint density at radius 1 is 1.63 bits per heavy atom. The standard InChI is InChI=1S/C12H18N4O3/c1-3-9(7-19-2)15-12(17)10-5-4-8(6-14-10)11(13)16-18/h4-6,9,18H,3,7H2,1-2H3,(H2,13,16)(H,15,17). The number of hydrogen-bond acceptors (Lipinski definition) is 5. The van der Waals surface area contributed by atoms with Gasteiger partial charge in [0.05, 0.1) is 12.6 Å². The van der Waals surface area contributed by atoms with Gasteiger partial charge in [0, 0.05) is 18.9 Å². The third-order valence-electron chi connectivity index (χ3n) is 2.60. The number of pyridine rings is 1. The molecule has 0 radical (unpaired) electrons. The Bertz CT molecular complexity index is 445. The summed E-state index contributed by atoms with van der Waals surface area (Å²) >= 11 is 0. The summed E-state index contributed by atoms with van der Waals surface area (Å²) < 4.78 is 5.00. The lowest BCUT2D eigenvalue weighted by atomic mass is 10.2. The van der Waals surface area contributed by atoms with Crippen molar-refractivity contribution in [3.63, 3.8) is 0 Å². The molecule has 0 aliphatic heterocycles. The average Bonchev–Trinajstić information content (AvgIpc) is 2.45. The number of aromatic nitrogens is 1. The van der Waals surface area contributed by atoms with E-state index in [1.54, 1.807) is 13.2 Å². The highest BCUT2D eigenvalue weighted by Crippen LogP contribution is 2.01. The smallest absolute Gasteiger partial charge is 0.270 e. The molecule has 0 aliphatic rings. The number of oxime groups is 1. The highest BCUT2D eigenvalue weighted by Gasteiger charge is 2.13. The number of ether oxygens (including phenoxy) is 1. The number of carbonyl (C=O) groups excluding carboxylic acids is 1. The minimum atomic E-state index is -0.282. The van der Waals surface area contributed by atoms with Crippen LogP contribution in [0.4, 0.5) is 0 Å². The number of carbonyl (C=O) groups is 1. The summed E-state index contributed by atoms with van der Waals surface area (Å²) in [7, 11) is 1.58. The summed E-state index contributed by atoms with van der Waals surface area (Å²) in [4.78, 5) is 15.9. The van der Waals surface area contributed by atoms with Crippen LogP contribution in [0.5, 0.6) is 0 Å². The number of nitrogens with zero attached hydrogens (tertiary/aromatic N) is 2. The van der Waals surface area contributed by atoms with Gasteiger partial charge in [0.25, 0.3) is 5.91 Å². The maximum Gasteiger partial charge on any atom is 0.270 e. The molecule has 1 unspecified atom stereocenters. The van der Waals surface area contributed by atoms with Gasteiger partial charge < -0.3 is 21.0 Å². The highest BCUT2D eigenvalue weighted by molar-refractivity contribution is 5.98. The second-order valence-corrected chi connectivity index (χ2v) is 3.95. The van der Waals surface area contributed by atoms with E-state index in [9.17, 15) is 4.79 Å². The fraction of sp³-hybridized carbons (Fsp3) is 0.417. The van der Waals surface area contributed by atoms with E-state index in [1.807, 2.05) is 6.92 Å². The molecule has 19 heavy (non-hydrogen) atoms. The molecule has 1 aromatic rings. The number of hydrogen-bond donors (Lipinski definition) is 3. The molecule has 0 fully saturated rings. The van der Waals surface area contributed by atoms with Gasteiger partial charge in [-0.05, 0) is 18.6 Å². The number of amidine groups is 1. The van der Waals surface area contributed by atoms with Crippen LogP contribution in [0.25, 0.3) is 0 Å². The monoisotopic (exact) mass is 266 g/mol. The molecule has 0 aliphatic carbocycles. The summed E-state index contributed by atoms with van der Waals surface area (Å²) in [6.07, 6.45) is 2.14. The van der Waals surface area contributed by atoms with Gasteiger partial charge in [-0.2, -0.15) is 0 Å². The first-order chi connectivity index (χ1) is 9.12. The Morgan fingerprint density at radius 2 is 2.37 bits per heavy atom. The SMILES string of the molecule is CCC(COC)NC(=O)c1ccc(C(N)=NO)cn1. The normalized spacial score (nSPS) is 13.1. The van der Waals surface area contributed by atoms with Gasteiger partial charge in [0.15, 0.2) is 5.84 Å². The van der Waals surface area contributed by atoms with Crippen LogP contribution in [0.15, 0.2) is 23.5 Å². The number of nitrogens with one attached hydrogen (secondary N) is 1. The van der Waals surface area contributed by atoms with Gasteiger partial charge in [0.2, 0.25) is 0 Å². The molecule has 1 aromatic heterocycles. The van der Waals surface area contributed by atoms with Crippen molar-refractivity contribution < 1.29 is 14.7 Å². The third kappa shape index (κ3) is 4.22. The third-order valence-corrected chi connectivity index (χ3v) is 2.60. The van der Waals surface area contributed by atoms with E-state index in [2.05, 4.69) is 15.5 Å². The van der Waals surface area contributed by atoms with Gasteiger partial charge in [-0.1, -0.05) is 12.1 Å². The van der Waals surface area contributed by atoms with Crippen molar-refractivity contribution in [2.45, 2.75) is 19.4 Å². The summed E-state index contributed by atoms with van der Waals surface area (Å²) in [6.45, 7) is 2.41. The van der Waals surface area contributed by atoms with E-state index in [1.165, 1.54) is 12.3 Å². The average molecular weight is 266 g/mol. The van der Waals surface area contributed by atoms with E-state index >= 15 is 0 Å². The number of amides is 1. The maximum absolute atomic E-state index is 11.9. The van der Waals surface area contributed by atoms with Gasteiger partial charge in [-0.15, -0.1) is 0 Å². The zero-order chi connectivity index (χ0) is 14.3. The zero-order valence-electron chi connectivity index (χ0n) is 11.0. The molecular weight excluding hydrogens is 248 g/mol. The Morgan fingerprint density at radius 3 is 2.84 bits per heavy atom. The molecule has 0 bridgehead atoms. The molecule has 0 saturated carbocycles. The molecule has 0 saturated heterocycles. The molecule has 4 N–H and O–H groups in total. The predicted octanol–water partition coefficient (Wildman–Crippen LogP) is 0.331. The second-order valence-electron chi connectivity index (χ2n) is 3.95.